The summed E-state index contributed by atoms with van der Waals surface area (Å²) < 4.78 is 18.6. The highest BCUT2D eigenvalue weighted by atomic mass is 35.5. The van der Waals surface area contributed by atoms with Gasteiger partial charge in [-0.3, -0.25) is 0 Å². The number of hydrogen-bond donors (Lipinski definition) is 0. The molecule has 88 valence electrons. The average Bonchev–Trinajstić information content (AvgIpc) is 2.31. The molecule has 0 unspecified atom stereocenters. The molecule has 2 rings (SSSR count). The summed E-state index contributed by atoms with van der Waals surface area (Å²) in [6.07, 6.45) is 3.14. The Morgan fingerprint density at radius 2 is 2.24 bits per heavy atom. The van der Waals surface area contributed by atoms with Gasteiger partial charge in [-0.05, 0) is 30.7 Å². The molecule has 0 amide bonds. The molecule has 0 N–H and O–H groups in total. The molecule has 0 fully saturated rings. The highest BCUT2D eigenvalue weighted by molar-refractivity contribution is 6.28. The SMILES string of the molecule is CCOC=Cc1nc(Cl)nc2c(F)cccc12. The summed E-state index contributed by atoms with van der Waals surface area (Å²) in [6, 6.07) is 4.68. The Morgan fingerprint density at radius 3 is 3.00 bits per heavy atom. The van der Waals surface area contributed by atoms with Crippen LogP contribution in [0, 0.1) is 5.82 Å². The van der Waals surface area contributed by atoms with Gasteiger partial charge >= 0.3 is 0 Å². The van der Waals surface area contributed by atoms with E-state index in [0.717, 1.165) is 0 Å². The Hall–Kier alpha value is -1.68. The fourth-order valence-electron chi connectivity index (χ4n) is 1.45. The maximum atomic E-state index is 13.5. The highest BCUT2D eigenvalue weighted by Gasteiger charge is 2.07. The second-order valence-corrected chi connectivity index (χ2v) is 3.61. The third-order valence-electron chi connectivity index (χ3n) is 2.17. The van der Waals surface area contributed by atoms with Gasteiger partial charge < -0.3 is 4.74 Å². The zero-order valence-electron chi connectivity index (χ0n) is 9.15. The number of para-hydroxylation sites is 1. The number of benzene rings is 1. The Balaban J connectivity index is 2.58. The third-order valence-corrected chi connectivity index (χ3v) is 2.34. The van der Waals surface area contributed by atoms with Gasteiger partial charge in [-0.25, -0.2) is 14.4 Å². The van der Waals surface area contributed by atoms with Crippen LogP contribution in [0.5, 0.6) is 0 Å². The van der Waals surface area contributed by atoms with Gasteiger partial charge in [-0.15, -0.1) is 0 Å². The fraction of sp³-hybridized carbons (Fsp3) is 0.167. The number of ether oxygens (including phenoxy) is 1. The van der Waals surface area contributed by atoms with Crippen LogP contribution in [-0.2, 0) is 4.74 Å². The number of aromatic nitrogens is 2. The van der Waals surface area contributed by atoms with Crippen molar-refractivity contribution in [1.82, 2.24) is 9.97 Å². The number of rotatable bonds is 3. The van der Waals surface area contributed by atoms with Gasteiger partial charge in [-0.1, -0.05) is 12.1 Å². The van der Waals surface area contributed by atoms with E-state index in [0.29, 0.717) is 17.7 Å². The van der Waals surface area contributed by atoms with Gasteiger partial charge in [-0.2, -0.15) is 0 Å². The zero-order chi connectivity index (χ0) is 12.3. The van der Waals surface area contributed by atoms with Crippen LogP contribution in [0.1, 0.15) is 12.6 Å². The first kappa shape index (κ1) is 11.8. The molecule has 0 aliphatic heterocycles. The zero-order valence-corrected chi connectivity index (χ0v) is 9.91. The molecule has 0 saturated heterocycles. The lowest BCUT2D eigenvalue weighted by Gasteiger charge is -2.03. The molecule has 0 aliphatic rings. The molecule has 0 saturated carbocycles. The molecule has 3 nitrogen and oxygen atoms in total. The van der Waals surface area contributed by atoms with Crippen molar-refractivity contribution in [2.45, 2.75) is 6.92 Å². The summed E-state index contributed by atoms with van der Waals surface area (Å²) >= 11 is 5.75. The maximum absolute atomic E-state index is 13.5. The van der Waals surface area contributed by atoms with Crippen molar-refractivity contribution < 1.29 is 9.13 Å². The first-order valence-corrected chi connectivity index (χ1v) is 5.50. The minimum absolute atomic E-state index is 0.0127. The summed E-state index contributed by atoms with van der Waals surface area (Å²) in [7, 11) is 0. The molecule has 5 heteroatoms. The molecule has 2 aromatic rings. The average molecular weight is 253 g/mol. The highest BCUT2D eigenvalue weighted by Crippen LogP contribution is 2.21. The molecule has 1 aromatic carbocycles. The van der Waals surface area contributed by atoms with Crippen LogP contribution < -0.4 is 0 Å². The van der Waals surface area contributed by atoms with Crippen LogP contribution >= 0.6 is 11.6 Å². The molecule has 0 atom stereocenters. The fourth-order valence-corrected chi connectivity index (χ4v) is 1.62. The summed E-state index contributed by atoms with van der Waals surface area (Å²) in [5, 5.41) is 0.615. The van der Waals surface area contributed by atoms with E-state index in [2.05, 4.69) is 9.97 Å². The lowest BCUT2D eigenvalue weighted by atomic mass is 10.2. The minimum Gasteiger partial charge on any atom is -0.501 e. The molecule has 0 radical (unpaired) electrons. The number of fused-ring (bicyclic) bond motifs is 1. The number of nitrogens with zero attached hydrogens (tertiary/aromatic N) is 2. The standard InChI is InChI=1S/C12H10ClFN2O/c1-2-17-7-6-10-8-4-3-5-9(14)11(8)16-12(13)15-10/h3-7H,2H2,1H3. The topological polar surface area (TPSA) is 35.0 Å². The summed E-state index contributed by atoms with van der Waals surface area (Å²) in [5.74, 6) is -0.419. The van der Waals surface area contributed by atoms with Gasteiger partial charge in [0.15, 0.2) is 0 Å². The Bertz CT molecular complexity index is 572. The molecular formula is C12H10ClFN2O. The minimum atomic E-state index is -0.419. The monoisotopic (exact) mass is 252 g/mol. The second-order valence-electron chi connectivity index (χ2n) is 3.27. The predicted molar refractivity (Wildman–Crippen MR) is 65.2 cm³/mol. The molecule has 0 spiro atoms. The van der Waals surface area contributed by atoms with E-state index >= 15 is 0 Å². The van der Waals surface area contributed by atoms with E-state index in [4.69, 9.17) is 16.3 Å². The lowest BCUT2D eigenvalue weighted by Crippen LogP contribution is -1.93. The van der Waals surface area contributed by atoms with Crippen LogP contribution in [0.2, 0.25) is 5.28 Å². The van der Waals surface area contributed by atoms with Gasteiger partial charge in [0.2, 0.25) is 5.28 Å². The predicted octanol–water partition coefficient (Wildman–Crippen LogP) is 3.43. The number of hydrogen-bond acceptors (Lipinski definition) is 3. The van der Waals surface area contributed by atoms with Crippen molar-refractivity contribution in [2.24, 2.45) is 0 Å². The van der Waals surface area contributed by atoms with Crippen molar-refractivity contribution in [3.8, 4) is 0 Å². The summed E-state index contributed by atoms with van der Waals surface area (Å²) in [6.45, 7) is 2.43. The van der Waals surface area contributed by atoms with Crippen molar-refractivity contribution in [3.05, 3.63) is 41.3 Å². The third kappa shape index (κ3) is 2.53. The van der Waals surface area contributed by atoms with Crippen molar-refractivity contribution >= 4 is 28.6 Å². The van der Waals surface area contributed by atoms with Crippen molar-refractivity contribution in [2.75, 3.05) is 6.61 Å². The smallest absolute Gasteiger partial charge is 0.223 e. The summed E-state index contributed by atoms with van der Waals surface area (Å²) in [5.41, 5.74) is 0.747. The van der Waals surface area contributed by atoms with Crippen LogP contribution in [0.25, 0.3) is 17.0 Å². The van der Waals surface area contributed by atoms with E-state index in [-0.39, 0.29) is 10.8 Å². The van der Waals surface area contributed by atoms with Gasteiger partial charge in [0.05, 0.1) is 18.6 Å². The van der Waals surface area contributed by atoms with E-state index in [1.165, 1.54) is 12.3 Å². The maximum Gasteiger partial charge on any atom is 0.223 e. The van der Waals surface area contributed by atoms with Gasteiger partial charge in [0.25, 0.3) is 0 Å². The molecule has 0 aliphatic carbocycles. The largest absolute Gasteiger partial charge is 0.501 e. The normalized spacial score (nSPS) is 11.2. The van der Waals surface area contributed by atoms with E-state index in [9.17, 15) is 4.39 Å². The van der Waals surface area contributed by atoms with Crippen LogP contribution in [0.4, 0.5) is 4.39 Å². The first-order chi connectivity index (χ1) is 8.22. The molecular weight excluding hydrogens is 243 g/mol. The van der Waals surface area contributed by atoms with Crippen LogP contribution in [0.3, 0.4) is 0 Å². The second kappa shape index (κ2) is 5.10. The van der Waals surface area contributed by atoms with E-state index < -0.39 is 5.82 Å². The lowest BCUT2D eigenvalue weighted by molar-refractivity contribution is 0.272. The van der Waals surface area contributed by atoms with Gasteiger partial charge in [0.1, 0.15) is 11.3 Å². The van der Waals surface area contributed by atoms with Crippen LogP contribution in [-0.4, -0.2) is 16.6 Å². The van der Waals surface area contributed by atoms with Gasteiger partial charge in [0, 0.05) is 5.39 Å². The first-order valence-electron chi connectivity index (χ1n) is 5.12. The molecule has 0 bridgehead atoms. The molecule has 1 heterocycles. The summed E-state index contributed by atoms with van der Waals surface area (Å²) in [4.78, 5) is 7.90. The molecule has 1 aromatic heterocycles. The quantitative estimate of drug-likeness (QED) is 0.620. The Kier molecular flexibility index (Phi) is 3.54. The van der Waals surface area contributed by atoms with E-state index in [1.54, 1.807) is 18.2 Å². The van der Waals surface area contributed by atoms with Crippen molar-refractivity contribution in [3.63, 3.8) is 0 Å². The van der Waals surface area contributed by atoms with Crippen LogP contribution in [0.15, 0.2) is 24.5 Å². The number of halogens is 2. The molecule has 17 heavy (non-hydrogen) atoms. The Morgan fingerprint density at radius 1 is 1.41 bits per heavy atom. The Labute approximate surface area is 103 Å². The van der Waals surface area contributed by atoms with E-state index in [1.807, 2.05) is 6.92 Å². The van der Waals surface area contributed by atoms with Crippen molar-refractivity contribution in [1.29, 1.82) is 0 Å².